The highest BCUT2D eigenvalue weighted by Gasteiger charge is 2.11. The van der Waals surface area contributed by atoms with Crippen molar-refractivity contribution >= 4 is 18.5 Å². The van der Waals surface area contributed by atoms with Gasteiger partial charge in [-0.25, -0.2) is 0 Å². The summed E-state index contributed by atoms with van der Waals surface area (Å²) in [5, 5.41) is 8.66. The number of hydrogen-bond donors (Lipinski definition) is 2. The number of hydrogen-bond acceptors (Lipinski definition) is 4. The van der Waals surface area contributed by atoms with Crippen LogP contribution >= 0.6 is 0 Å². The summed E-state index contributed by atoms with van der Waals surface area (Å²) in [4.78, 5) is 24.5. The lowest BCUT2D eigenvalue weighted by Gasteiger charge is -2.06. The molecule has 17 heavy (non-hydrogen) atoms. The smallest absolute Gasteiger partial charge is 0.320 e. The van der Waals surface area contributed by atoms with Gasteiger partial charge in [0.25, 0.3) is 0 Å². The van der Waals surface area contributed by atoms with Crippen LogP contribution in [0.25, 0.3) is 0 Å². The predicted molar refractivity (Wildman–Crippen MR) is 64.3 cm³/mol. The quantitative estimate of drug-likeness (QED) is 0.545. The van der Waals surface area contributed by atoms with Gasteiger partial charge in [0.05, 0.1) is 6.54 Å². The minimum Gasteiger partial charge on any atom is -0.480 e. The standard InChI is InChI=1S/C12H14N2O3/c13-11(12(16)17)7-9-1-3-10(4-2-9)8-14-5-6-15/h1-4,6,8,11H,5,7,13H2,(H,16,17)/b14-8+. The average molecular weight is 234 g/mol. The summed E-state index contributed by atoms with van der Waals surface area (Å²) in [6, 6.07) is 6.32. The van der Waals surface area contributed by atoms with Crippen molar-refractivity contribution in [2.45, 2.75) is 12.5 Å². The fourth-order valence-corrected chi connectivity index (χ4v) is 1.28. The molecule has 0 saturated heterocycles. The van der Waals surface area contributed by atoms with Crippen LogP contribution in [0.1, 0.15) is 11.1 Å². The van der Waals surface area contributed by atoms with E-state index in [4.69, 9.17) is 10.8 Å². The van der Waals surface area contributed by atoms with E-state index in [1.165, 1.54) is 0 Å². The van der Waals surface area contributed by atoms with Gasteiger partial charge in [0.15, 0.2) is 0 Å². The minimum absolute atomic E-state index is 0.144. The number of aliphatic imine (C=N–C) groups is 1. The van der Waals surface area contributed by atoms with Crippen LogP contribution in [0.15, 0.2) is 29.3 Å². The molecular weight excluding hydrogens is 220 g/mol. The molecule has 0 fully saturated rings. The molecule has 1 aromatic carbocycles. The zero-order valence-electron chi connectivity index (χ0n) is 9.24. The van der Waals surface area contributed by atoms with E-state index in [0.717, 1.165) is 17.4 Å². The summed E-state index contributed by atoms with van der Waals surface area (Å²) < 4.78 is 0. The molecule has 1 atom stereocenters. The van der Waals surface area contributed by atoms with Crippen molar-refractivity contribution in [3.8, 4) is 0 Å². The zero-order chi connectivity index (χ0) is 12.7. The van der Waals surface area contributed by atoms with Crippen LogP contribution < -0.4 is 5.73 Å². The maximum absolute atomic E-state index is 10.6. The number of rotatable bonds is 6. The Balaban J connectivity index is 2.61. The first kappa shape index (κ1) is 13.1. The van der Waals surface area contributed by atoms with Gasteiger partial charge >= 0.3 is 5.97 Å². The number of carboxylic acid groups (broad SMARTS) is 1. The number of carboxylic acids is 1. The molecule has 5 heteroatoms. The van der Waals surface area contributed by atoms with E-state index in [0.29, 0.717) is 6.42 Å². The maximum atomic E-state index is 10.6. The lowest BCUT2D eigenvalue weighted by molar-refractivity contribution is -0.138. The Morgan fingerprint density at radius 2 is 2.06 bits per heavy atom. The molecule has 0 radical (unpaired) electrons. The van der Waals surface area contributed by atoms with Crippen LogP contribution in [-0.4, -0.2) is 36.2 Å². The van der Waals surface area contributed by atoms with E-state index in [1.807, 2.05) is 0 Å². The Morgan fingerprint density at radius 1 is 1.41 bits per heavy atom. The summed E-state index contributed by atoms with van der Waals surface area (Å²) in [6.45, 7) is 0.144. The van der Waals surface area contributed by atoms with Gasteiger partial charge in [-0.05, 0) is 17.5 Å². The van der Waals surface area contributed by atoms with Crippen LogP contribution in [0.5, 0.6) is 0 Å². The highest BCUT2D eigenvalue weighted by molar-refractivity contribution is 5.80. The third-order valence-electron chi connectivity index (χ3n) is 2.17. The molecule has 90 valence electrons. The van der Waals surface area contributed by atoms with Gasteiger partial charge in [-0.15, -0.1) is 0 Å². The second-order valence-electron chi connectivity index (χ2n) is 3.55. The SMILES string of the molecule is NC(Cc1ccc(/C=N/CC=O)cc1)C(=O)O. The normalized spacial score (nSPS) is 12.5. The fourth-order valence-electron chi connectivity index (χ4n) is 1.28. The highest BCUT2D eigenvalue weighted by Crippen LogP contribution is 2.05. The first-order valence-electron chi connectivity index (χ1n) is 5.14. The van der Waals surface area contributed by atoms with Crippen molar-refractivity contribution in [2.24, 2.45) is 10.7 Å². The first-order valence-corrected chi connectivity index (χ1v) is 5.14. The molecule has 3 N–H and O–H groups in total. The van der Waals surface area contributed by atoms with E-state index in [-0.39, 0.29) is 6.54 Å². The highest BCUT2D eigenvalue weighted by atomic mass is 16.4. The number of nitrogens with zero attached hydrogens (tertiary/aromatic N) is 1. The lowest BCUT2D eigenvalue weighted by atomic mass is 10.1. The van der Waals surface area contributed by atoms with Crippen molar-refractivity contribution < 1.29 is 14.7 Å². The second kappa shape index (κ2) is 6.55. The van der Waals surface area contributed by atoms with Gasteiger partial charge in [0, 0.05) is 6.21 Å². The predicted octanol–water partition coefficient (Wildman–Crippen LogP) is 0.259. The zero-order valence-corrected chi connectivity index (χ0v) is 9.24. The Kier molecular flexibility index (Phi) is 5.03. The number of aldehydes is 1. The van der Waals surface area contributed by atoms with Gasteiger partial charge in [0.2, 0.25) is 0 Å². The van der Waals surface area contributed by atoms with Crippen molar-refractivity contribution in [2.75, 3.05) is 6.54 Å². The molecule has 0 aliphatic carbocycles. The Bertz CT molecular complexity index is 412. The summed E-state index contributed by atoms with van der Waals surface area (Å²) in [5.74, 6) is -1.01. The number of nitrogens with two attached hydrogens (primary N) is 1. The fraction of sp³-hybridized carbons (Fsp3) is 0.250. The summed E-state index contributed by atoms with van der Waals surface area (Å²) in [5.41, 5.74) is 7.13. The van der Waals surface area contributed by atoms with E-state index >= 15 is 0 Å². The minimum atomic E-state index is -1.01. The van der Waals surface area contributed by atoms with Gasteiger partial charge in [-0.2, -0.15) is 0 Å². The Hall–Kier alpha value is -2.01. The molecule has 1 aromatic rings. The number of carbonyl (C=O) groups is 2. The first-order chi connectivity index (χ1) is 8.13. The van der Waals surface area contributed by atoms with Gasteiger partial charge in [0.1, 0.15) is 12.3 Å². The van der Waals surface area contributed by atoms with Gasteiger partial charge in [-0.3, -0.25) is 9.79 Å². The topological polar surface area (TPSA) is 92.8 Å². The van der Waals surface area contributed by atoms with Crippen molar-refractivity contribution in [1.29, 1.82) is 0 Å². The van der Waals surface area contributed by atoms with Gasteiger partial charge < -0.3 is 15.6 Å². The molecule has 0 amide bonds. The Labute approximate surface area is 99.0 Å². The Morgan fingerprint density at radius 3 is 2.59 bits per heavy atom. The van der Waals surface area contributed by atoms with Crippen LogP contribution in [0.2, 0.25) is 0 Å². The second-order valence-corrected chi connectivity index (χ2v) is 3.55. The molecule has 0 aliphatic heterocycles. The molecule has 0 aliphatic rings. The molecule has 1 unspecified atom stereocenters. The summed E-state index contributed by atoms with van der Waals surface area (Å²) in [7, 11) is 0. The molecule has 1 rings (SSSR count). The van der Waals surface area contributed by atoms with Crippen LogP contribution in [0.4, 0.5) is 0 Å². The van der Waals surface area contributed by atoms with Gasteiger partial charge in [-0.1, -0.05) is 24.3 Å². The average Bonchev–Trinajstić information content (AvgIpc) is 2.31. The third kappa shape index (κ3) is 4.56. The van der Waals surface area contributed by atoms with Crippen molar-refractivity contribution in [3.63, 3.8) is 0 Å². The van der Waals surface area contributed by atoms with Crippen molar-refractivity contribution in [1.82, 2.24) is 0 Å². The van der Waals surface area contributed by atoms with E-state index in [1.54, 1.807) is 30.5 Å². The molecule has 0 saturated carbocycles. The van der Waals surface area contributed by atoms with Crippen LogP contribution in [0.3, 0.4) is 0 Å². The van der Waals surface area contributed by atoms with Crippen LogP contribution in [0, 0.1) is 0 Å². The number of benzene rings is 1. The molecule has 0 heterocycles. The van der Waals surface area contributed by atoms with Crippen molar-refractivity contribution in [3.05, 3.63) is 35.4 Å². The maximum Gasteiger partial charge on any atom is 0.320 e. The number of carbonyl (C=O) groups excluding carboxylic acids is 1. The third-order valence-corrected chi connectivity index (χ3v) is 2.17. The monoisotopic (exact) mass is 234 g/mol. The molecular formula is C12H14N2O3. The molecule has 0 spiro atoms. The molecule has 5 nitrogen and oxygen atoms in total. The number of aliphatic carboxylic acids is 1. The molecule has 0 aromatic heterocycles. The summed E-state index contributed by atoms with van der Waals surface area (Å²) >= 11 is 0. The van der Waals surface area contributed by atoms with E-state index in [9.17, 15) is 9.59 Å². The van der Waals surface area contributed by atoms with E-state index < -0.39 is 12.0 Å². The summed E-state index contributed by atoms with van der Waals surface area (Å²) in [6.07, 6.45) is 2.60. The van der Waals surface area contributed by atoms with E-state index in [2.05, 4.69) is 4.99 Å². The largest absolute Gasteiger partial charge is 0.480 e. The van der Waals surface area contributed by atoms with Crippen LogP contribution in [-0.2, 0) is 16.0 Å². The lowest BCUT2D eigenvalue weighted by Crippen LogP contribution is -2.32. The molecule has 0 bridgehead atoms.